The van der Waals surface area contributed by atoms with E-state index in [9.17, 15) is 14.9 Å². The monoisotopic (exact) mass is 392 g/mol. The number of benzene rings is 1. The van der Waals surface area contributed by atoms with Gasteiger partial charge in [0.15, 0.2) is 4.34 Å². The van der Waals surface area contributed by atoms with Crippen LogP contribution in [0.4, 0.5) is 10.8 Å². The first-order valence-corrected chi connectivity index (χ1v) is 9.76. The molecule has 10 heteroatoms. The van der Waals surface area contributed by atoms with Crippen molar-refractivity contribution in [3.05, 3.63) is 61.8 Å². The van der Waals surface area contributed by atoms with E-state index in [4.69, 9.17) is 0 Å². The van der Waals surface area contributed by atoms with Crippen molar-refractivity contribution >= 4 is 51.2 Å². The summed E-state index contributed by atoms with van der Waals surface area (Å²) in [6, 6.07) is 8.40. The zero-order valence-corrected chi connectivity index (χ0v) is 15.4. The number of anilines is 1. The minimum atomic E-state index is -0.504. The number of nitro benzene ring substituents is 1. The molecular formula is C15H12N4O3S3. The van der Waals surface area contributed by atoms with Crippen LogP contribution in [0.25, 0.3) is 0 Å². The summed E-state index contributed by atoms with van der Waals surface area (Å²) >= 11 is 4.49. The first kappa shape index (κ1) is 17.5. The van der Waals surface area contributed by atoms with E-state index in [-0.39, 0.29) is 11.3 Å². The summed E-state index contributed by atoms with van der Waals surface area (Å²) in [6.07, 6.45) is 0. The topological polar surface area (TPSA) is 98.0 Å². The van der Waals surface area contributed by atoms with E-state index in [1.54, 1.807) is 42.2 Å². The van der Waals surface area contributed by atoms with Crippen molar-refractivity contribution in [2.45, 2.75) is 17.0 Å². The normalized spacial score (nSPS) is 10.6. The van der Waals surface area contributed by atoms with Crippen molar-refractivity contribution in [2.75, 3.05) is 5.32 Å². The maximum absolute atomic E-state index is 12.3. The van der Waals surface area contributed by atoms with Gasteiger partial charge in [0.1, 0.15) is 0 Å². The molecule has 0 aliphatic rings. The maximum atomic E-state index is 12.3. The third kappa shape index (κ3) is 4.41. The van der Waals surface area contributed by atoms with Crippen molar-refractivity contribution in [3.63, 3.8) is 0 Å². The number of amides is 1. The van der Waals surface area contributed by atoms with Gasteiger partial charge in [0.25, 0.3) is 11.6 Å². The van der Waals surface area contributed by atoms with Crippen LogP contribution < -0.4 is 5.32 Å². The Kier molecular flexibility index (Phi) is 5.41. The maximum Gasteiger partial charge on any atom is 0.273 e. The molecule has 0 unspecified atom stereocenters. The number of carbonyl (C=O) groups is 1. The predicted octanol–water partition coefficient (Wildman–Crippen LogP) is 4.36. The number of nitrogens with one attached hydrogen (secondary N) is 1. The lowest BCUT2D eigenvalue weighted by Gasteiger charge is -2.02. The van der Waals surface area contributed by atoms with Crippen molar-refractivity contribution in [1.82, 2.24) is 10.2 Å². The molecular weight excluding hydrogens is 380 g/mol. The molecule has 25 heavy (non-hydrogen) atoms. The van der Waals surface area contributed by atoms with Gasteiger partial charge in [-0.05, 0) is 24.4 Å². The molecule has 2 heterocycles. The summed E-state index contributed by atoms with van der Waals surface area (Å²) in [5.41, 5.74) is 0.627. The number of carbonyl (C=O) groups excluding carboxylic acids is 1. The molecule has 0 atom stereocenters. The first-order valence-electron chi connectivity index (χ1n) is 7.08. The summed E-state index contributed by atoms with van der Waals surface area (Å²) in [5, 5.41) is 24.0. The van der Waals surface area contributed by atoms with Crippen LogP contribution in [0.1, 0.15) is 20.8 Å². The van der Waals surface area contributed by atoms with Crippen molar-refractivity contribution < 1.29 is 9.72 Å². The highest BCUT2D eigenvalue weighted by Gasteiger charge is 2.16. The summed E-state index contributed by atoms with van der Waals surface area (Å²) in [6.45, 7) is 1.63. The Labute approximate surface area is 155 Å². The highest BCUT2D eigenvalue weighted by Crippen LogP contribution is 2.30. The van der Waals surface area contributed by atoms with Crippen molar-refractivity contribution in [3.8, 4) is 0 Å². The van der Waals surface area contributed by atoms with Gasteiger partial charge in [0.05, 0.1) is 4.92 Å². The second-order valence-corrected chi connectivity index (χ2v) is 8.19. The summed E-state index contributed by atoms with van der Waals surface area (Å²) in [4.78, 5) is 24.0. The Bertz CT molecular complexity index is 909. The fourth-order valence-electron chi connectivity index (χ4n) is 1.96. The van der Waals surface area contributed by atoms with E-state index in [2.05, 4.69) is 15.5 Å². The standard InChI is InChI=1S/C15H12N4O3S3/c1-9-4-5-10(7-12(9)19(21)22)13(20)16-14-17-18-15(25-14)24-8-11-3-2-6-23-11/h2-7H,8H2,1H3,(H,16,17,20). The summed E-state index contributed by atoms with van der Waals surface area (Å²) in [7, 11) is 0. The summed E-state index contributed by atoms with van der Waals surface area (Å²) in [5.74, 6) is 0.346. The molecule has 0 saturated heterocycles. The molecule has 1 N–H and O–H groups in total. The van der Waals surface area contributed by atoms with E-state index in [1.807, 2.05) is 17.5 Å². The number of aromatic nitrogens is 2. The first-order chi connectivity index (χ1) is 12.0. The molecule has 0 bridgehead atoms. The number of thioether (sulfide) groups is 1. The number of nitro groups is 1. The van der Waals surface area contributed by atoms with Crippen LogP contribution in [-0.4, -0.2) is 21.0 Å². The minimum absolute atomic E-state index is 0.0860. The Morgan fingerprint density at radius 2 is 2.20 bits per heavy atom. The van der Waals surface area contributed by atoms with Crippen LogP contribution in [0.15, 0.2) is 40.1 Å². The number of thiophene rings is 1. The van der Waals surface area contributed by atoms with E-state index in [0.29, 0.717) is 10.7 Å². The molecule has 3 rings (SSSR count). The molecule has 0 aliphatic carbocycles. The van der Waals surface area contributed by atoms with Crippen molar-refractivity contribution in [1.29, 1.82) is 0 Å². The average molecular weight is 392 g/mol. The van der Waals surface area contributed by atoms with E-state index in [1.165, 1.54) is 22.3 Å². The van der Waals surface area contributed by atoms with Gasteiger partial charge in [0, 0.05) is 27.8 Å². The van der Waals surface area contributed by atoms with Gasteiger partial charge in [-0.15, -0.1) is 21.5 Å². The van der Waals surface area contributed by atoms with Gasteiger partial charge in [-0.1, -0.05) is 35.2 Å². The van der Waals surface area contributed by atoms with Crippen LogP contribution in [-0.2, 0) is 5.75 Å². The number of nitrogens with zero attached hydrogens (tertiary/aromatic N) is 3. The molecule has 128 valence electrons. The molecule has 3 aromatic rings. The number of hydrogen-bond donors (Lipinski definition) is 1. The Morgan fingerprint density at radius 3 is 2.92 bits per heavy atom. The van der Waals surface area contributed by atoms with Gasteiger partial charge in [-0.25, -0.2) is 0 Å². The molecule has 7 nitrogen and oxygen atoms in total. The zero-order valence-electron chi connectivity index (χ0n) is 13.0. The second-order valence-electron chi connectivity index (χ2n) is 4.95. The van der Waals surface area contributed by atoms with Crippen LogP contribution in [0.2, 0.25) is 0 Å². The fourth-order valence-corrected chi connectivity index (χ4v) is 4.48. The second kappa shape index (κ2) is 7.72. The number of rotatable bonds is 6. The lowest BCUT2D eigenvalue weighted by atomic mass is 10.1. The number of aryl methyl sites for hydroxylation is 1. The molecule has 0 saturated carbocycles. The highest BCUT2D eigenvalue weighted by atomic mass is 32.2. The van der Waals surface area contributed by atoms with Gasteiger partial charge < -0.3 is 0 Å². The largest absolute Gasteiger partial charge is 0.296 e. The lowest BCUT2D eigenvalue weighted by Crippen LogP contribution is -2.12. The Hall–Kier alpha value is -2.30. The molecule has 0 fully saturated rings. The van der Waals surface area contributed by atoms with Crippen LogP contribution in [0.3, 0.4) is 0 Å². The van der Waals surface area contributed by atoms with Crippen LogP contribution in [0, 0.1) is 17.0 Å². The van der Waals surface area contributed by atoms with Gasteiger partial charge in [-0.2, -0.15) is 0 Å². The molecule has 1 amide bonds. The van der Waals surface area contributed by atoms with E-state index >= 15 is 0 Å². The number of hydrogen-bond acceptors (Lipinski definition) is 8. The van der Waals surface area contributed by atoms with Crippen LogP contribution >= 0.6 is 34.4 Å². The van der Waals surface area contributed by atoms with E-state index < -0.39 is 10.8 Å². The Morgan fingerprint density at radius 1 is 1.36 bits per heavy atom. The third-order valence-electron chi connectivity index (χ3n) is 3.21. The molecule has 0 aliphatic heterocycles. The molecule has 1 aromatic carbocycles. The third-order valence-corrected chi connectivity index (χ3v) is 6.29. The zero-order chi connectivity index (χ0) is 17.8. The molecule has 0 radical (unpaired) electrons. The minimum Gasteiger partial charge on any atom is -0.296 e. The van der Waals surface area contributed by atoms with Gasteiger partial charge in [0.2, 0.25) is 5.13 Å². The average Bonchev–Trinajstić information content (AvgIpc) is 3.24. The highest BCUT2D eigenvalue weighted by molar-refractivity contribution is 8.00. The predicted molar refractivity (Wildman–Crippen MR) is 99.6 cm³/mol. The Balaban J connectivity index is 1.65. The summed E-state index contributed by atoms with van der Waals surface area (Å²) < 4.78 is 0.749. The molecule has 2 aromatic heterocycles. The van der Waals surface area contributed by atoms with Gasteiger partial charge >= 0.3 is 0 Å². The SMILES string of the molecule is Cc1ccc(C(=O)Nc2nnc(SCc3cccs3)s2)cc1[N+](=O)[O-]. The quantitative estimate of drug-likeness (QED) is 0.290. The molecule has 0 spiro atoms. The van der Waals surface area contributed by atoms with E-state index in [0.717, 1.165) is 10.1 Å². The lowest BCUT2D eigenvalue weighted by molar-refractivity contribution is -0.385. The fraction of sp³-hybridized carbons (Fsp3) is 0.133. The smallest absolute Gasteiger partial charge is 0.273 e. The van der Waals surface area contributed by atoms with Crippen LogP contribution in [0.5, 0.6) is 0 Å². The van der Waals surface area contributed by atoms with Crippen molar-refractivity contribution in [2.24, 2.45) is 0 Å². The van der Waals surface area contributed by atoms with Gasteiger partial charge in [-0.3, -0.25) is 20.2 Å².